The summed E-state index contributed by atoms with van der Waals surface area (Å²) in [6.45, 7) is 0.399. The van der Waals surface area contributed by atoms with E-state index in [0.29, 0.717) is 29.9 Å². The van der Waals surface area contributed by atoms with E-state index in [0.717, 1.165) is 6.07 Å². The fourth-order valence-electron chi connectivity index (χ4n) is 1.63. The van der Waals surface area contributed by atoms with Crippen LogP contribution in [0.2, 0.25) is 0 Å². The Morgan fingerprint density at radius 1 is 1.21 bits per heavy atom. The highest BCUT2D eigenvalue weighted by Gasteiger charge is 2.04. The molecule has 0 fully saturated rings. The SMILES string of the molecule is N#Cc1ccnnc1NCCc1cc(F)cc(F)c1. The molecule has 0 saturated carbocycles. The van der Waals surface area contributed by atoms with Crippen molar-refractivity contribution in [2.75, 3.05) is 11.9 Å². The van der Waals surface area contributed by atoms with Gasteiger partial charge in [0.25, 0.3) is 0 Å². The van der Waals surface area contributed by atoms with Gasteiger partial charge in [-0.15, -0.1) is 5.10 Å². The molecule has 2 aromatic rings. The fraction of sp³-hybridized carbons (Fsp3) is 0.154. The molecule has 0 aliphatic rings. The number of anilines is 1. The van der Waals surface area contributed by atoms with Gasteiger partial charge in [-0.1, -0.05) is 0 Å². The molecule has 1 heterocycles. The number of nitrogens with one attached hydrogen (secondary N) is 1. The summed E-state index contributed by atoms with van der Waals surface area (Å²) in [5.41, 5.74) is 0.910. The molecule has 0 aliphatic heterocycles. The molecule has 19 heavy (non-hydrogen) atoms. The van der Waals surface area contributed by atoms with Crippen molar-refractivity contribution in [3.05, 3.63) is 53.2 Å². The highest BCUT2D eigenvalue weighted by molar-refractivity contribution is 5.50. The quantitative estimate of drug-likeness (QED) is 0.916. The van der Waals surface area contributed by atoms with Crippen LogP contribution >= 0.6 is 0 Å². The third kappa shape index (κ3) is 3.45. The van der Waals surface area contributed by atoms with Crippen LogP contribution in [0.15, 0.2) is 30.5 Å². The second-order valence-corrected chi connectivity index (χ2v) is 3.86. The topological polar surface area (TPSA) is 61.6 Å². The van der Waals surface area contributed by atoms with Crippen molar-refractivity contribution >= 4 is 5.82 Å². The van der Waals surface area contributed by atoms with Gasteiger partial charge in [0.05, 0.1) is 11.8 Å². The molecule has 0 amide bonds. The predicted octanol–water partition coefficient (Wildman–Crippen LogP) is 2.28. The first kappa shape index (κ1) is 12.9. The molecule has 0 bridgehead atoms. The molecular formula is C13H10F2N4. The summed E-state index contributed by atoms with van der Waals surface area (Å²) in [5, 5.41) is 19.2. The van der Waals surface area contributed by atoms with Gasteiger partial charge in [0.1, 0.15) is 17.7 Å². The van der Waals surface area contributed by atoms with Crippen LogP contribution in [-0.4, -0.2) is 16.7 Å². The predicted molar refractivity (Wildman–Crippen MR) is 65.3 cm³/mol. The van der Waals surface area contributed by atoms with E-state index in [4.69, 9.17) is 5.26 Å². The Labute approximate surface area is 108 Å². The molecular weight excluding hydrogens is 250 g/mol. The van der Waals surface area contributed by atoms with Gasteiger partial charge in [-0.05, 0) is 30.2 Å². The van der Waals surface area contributed by atoms with E-state index in [1.165, 1.54) is 24.4 Å². The summed E-state index contributed by atoms with van der Waals surface area (Å²) in [6.07, 6.45) is 1.84. The molecule has 0 unspecified atom stereocenters. The number of nitriles is 1. The highest BCUT2D eigenvalue weighted by atomic mass is 19.1. The molecule has 1 N–H and O–H groups in total. The molecule has 1 aromatic carbocycles. The maximum atomic E-state index is 13.0. The van der Waals surface area contributed by atoms with Crippen molar-refractivity contribution in [2.45, 2.75) is 6.42 Å². The number of benzene rings is 1. The van der Waals surface area contributed by atoms with Crippen molar-refractivity contribution in [1.82, 2.24) is 10.2 Å². The van der Waals surface area contributed by atoms with Gasteiger partial charge >= 0.3 is 0 Å². The van der Waals surface area contributed by atoms with E-state index >= 15 is 0 Å². The van der Waals surface area contributed by atoms with Gasteiger partial charge in [0.2, 0.25) is 0 Å². The lowest BCUT2D eigenvalue weighted by molar-refractivity contribution is 0.580. The monoisotopic (exact) mass is 260 g/mol. The van der Waals surface area contributed by atoms with Crippen molar-refractivity contribution in [3.63, 3.8) is 0 Å². The molecule has 6 heteroatoms. The average Bonchev–Trinajstić information content (AvgIpc) is 2.38. The maximum absolute atomic E-state index is 13.0. The number of nitrogens with zero attached hydrogens (tertiary/aromatic N) is 3. The van der Waals surface area contributed by atoms with Crippen LogP contribution in [0.4, 0.5) is 14.6 Å². The molecule has 96 valence electrons. The van der Waals surface area contributed by atoms with Crippen LogP contribution in [0.3, 0.4) is 0 Å². The minimum absolute atomic E-state index is 0.363. The number of halogens is 2. The first-order valence-corrected chi connectivity index (χ1v) is 5.59. The Morgan fingerprint density at radius 3 is 2.63 bits per heavy atom. The average molecular weight is 260 g/mol. The van der Waals surface area contributed by atoms with Crippen LogP contribution in [0.25, 0.3) is 0 Å². The molecule has 0 saturated heterocycles. The Bertz CT molecular complexity index is 602. The Morgan fingerprint density at radius 2 is 1.95 bits per heavy atom. The normalized spacial score (nSPS) is 9.95. The second kappa shape index (κ2) is 5.87. The zero-order valence-electron chi connectivity index (χ0n) is 9.90. The lowest BCUT2D eigenvalue weighted by atomic mass is 10.1. The summed E-state index contributed by atoms with van der Waals surface area (Å²) >= 11 is 0. The van der Waals surface area contributed by atoms with Crippen LogP contribution < -0.4 is 5.32 Å². The summed E-state index contributed by atoms with van der Waals surface area (Å²) in [7, 11) is 0. The minimum atomic E-state index is -0.604. The third-order valence-corrected chi connectivity index (χ3v) is 2.47. The van der Waals surface area contributed by atoms with E-state index in [1.807, 2.05) is 6.07 Å². The van der Waals surface area contributed by atoms with Gasteiger partial charge < -0.3 is 5.32 Å². The van der Waals surface area contributed by atoms with Crippen molar-refractivity contribution in [3.8, 4) is 6.07 Å². The number of hydrogen-bond acceptors (Lipinski definition) is 4. The van der Waals surface area contributed by atoms with E-state index in [1.54, 1.807) is 0 Å². The standard InChI is InChI=1S/C13H10F2N4/c14-11-5-9(6-12(15)7-11)1-3-17-13-10(8-16)2-4-18-19-13/h2,4-7H,1,3H2,(H,17,19). The lowest BCUT2D eigenvalue weighted by Gasteiger charge is -2.06. The van der Waals surface area contributed by atoms with Gasteiger partial charge in [0, 0.05) is 12.6 Å². The smallest absolute Gasteiger partial charge is 0.166 e. The molecule has 0 radical (unpaired) electrons. The largest absolute Gasteiger partial charge is 0.367 e. The maximum Gasteiger partial charge on any atom is 0.166 e. The molecule has 0 aliphatic carbocycles. The Balaban J connectivity index is 1.98. The third-order valence-electron chi connectivity index (χ3n) is 2.47. The summed E-state index contributed by atoms with van der Waals surface area (Å²) < 4.78 is 25.9. The fourth-order valence-corrected chi connectivity index (χ4v) is 1.63. The van der Waals surface area contributed by atoms with Gasteiger partial charge in [0.15, 0.2) is 5.82 Å². The zero-order valence-corrected chi connectivity index (χ0v) is 9.90. The van der Waals surface area contributed by atoms with E-state index < -0.39 is 11.6 Å². The van der Waals surface area contributed by atoms with Gasteiger partial charge in [-0.25, -0.2) is 8.78 Å². The summed E-state index contributed by atoms with van der Waals surface area (Å²) in [4.78, 5) is 0. The van der Waals surface area contributed by atoms with E-state index in [-0.39, 0.29) is 0 Å². The molecule has 0 spiro atoms. The van der Waals surface area contributed by atoms with Crippen LogP contribution in [0, 0.1) is 23.0 Å². The van der Waals surface area contributed by atoms with Crippen LogP contribution in [0.1, 0.15) is 11.1 Å². The molecule has 1 aromatic heterocycles. The summed E-state index contributed by atoms with van der Waals surface area (Å²) in [6, 6.07) is 6.88. The molecule has 0 atom stereocenters. The first-order valence-electron chi connectivity index (χ1n) is 5.59. The minimum Gasteiger partial charge on any atom is -0.367 e. The lowest BCUT2D eigenvalue weighted by Crippen LogP contribution is -2.08. The van der Waals surface area contributed by atoms with Crippen LogP contribution in [-0.2, 0) is 6.42 Å². The summed E-state index contributed by atoms with van der Waals surface area (Å²) in [5.74, 6) is -0.846. The first-order chi connectivity index (χ1) is 9.19. The number of aromatic nitrogens is 2. The van der Waals surface area contributed by atoms with E-state index in [9.17, 15) is 8.78 Å². The van der Waals surface area contributed by atoms with Gasteiger partial charge in [-0.2, -0.15) is 10.4 Å². The van der Waals surface area contributed by atoms with Crippen molar-refractivity contribution < 1.29 is 8.78 Å². The van der Waals surface area contributed by atoms with Crippen molar-refractivity contribution in [2.24, 2.45) is 0 Å². The van der Waals surface area contributed by atoms with Crippen LogP contribution in [0.5, 0.6) is 0 Å². The molecule has 2 rings (SSSR count). The zero-order chi connectivity index (χ0) is 13.7. The second-order valence-electron chi connectivity index (χ2n) is 3.86. The van der Waals surface area contributed by atoms with E-state index in [2.05, 4.69) is 15.5 Å². The Kier molecular flexibility index (Phi) is 3.98. The Hall–Kier alpha value is -2.55. The van der Waals surface area contributed by atoms with Crippen molar-refractivity contribution in [1.29, 1.82) is 5.26 Å². The highest BCUT2D eigenvalue weighted by Crippen LogP contribution is 2.11. The van der Waals surface area contributed by atoms with Gasteiger partial charge in [-0.3, -0.25) is 0 Å². The molecule has 4 nitrogen and oxygen atoms in total. The number of hydrogen-bond donors (Lipinski definition) is 1. The number of rotatable bonds is 4.